The van der Waals surface area contributed by atoms with Gasteiger partial charge in [0.2, 0.25) is 0 Å². The lowest BCUT2D eigenvalue weighted by Crippen LogP contribution is -2.24. The van der Waals surface area contributed by atoms with Gasteiger partial charge in [0, 0.05) is 5.41 Å². The van der Waals surface area contributed by atoms with Gasteiger partial charge in [0.15, 0.2) is 0 Å². The first-order chi connectivity index (χ1) is 9.78. The molecule has 96 valence electrons. The molecule has 4 bridgehead atoms. The Labute approximate surface area is 119 Å². The summed E-state index contributed by atoms with van der Waals surface area (Å²) in [5.41, 5.74) is 6.61. The van der Waals surface area contributed by atoms with Crippen molar-refractivity contribution < 1.29 is 0 Å². The highest BCUT2D eigenvalue weighted by Crippen LogP contribution is 2.43. The third-order valence-electron chi connectivity index (χ3n) is 4.56. The van der Waals surface area contributed by atoms with E-state index in [4.69, 9.17) is 0 Å². The van der Waals surface area contributed by atoms with Crippen LogP contribution < -0.4 is 0 Å². The summed E-state index contributed by atoms with van der Waals surface area (Å²) in [5.74, 6) is 0. The van der Waals surface area contributed by atoms with Crippen LogP contribution in [0.5, 0.6) is 0 Å². The summed E-state index contributed by atoms with van der Waals surface area (Å²) in [6.45, 7) is 2.33. The Morgan fingerprint density at radius 2 is 1.05 bits per heavy atom. The molecule has 0 saturated carbocycles. The van der Waals surface area contributed by atoms with Gasteiger partial charge in [0.1, 0.15) is 0 Å². The molecule has 20 heavy (non-hydrogen) atoms. The fourth-order valence-electron chi connectivity index (χ4n) is 3.29. The Balaban J connectivity index is 2.10. The summed E-state index contributed by atoms with van der Waals surface area (Å²) in [6.07, 6.45) is 0. The summed E-state index contributed by atoms with van der Waals surface area (Å²) in [7, 11) is 0. The fourth-order valence-corrected chi connectivity index (χ4v) is 3.29. The van der Waals surface area contributed by atoms with Gasteiger partial charge >= 0.3 is 0 Å². The third kappa shape index (κ3) is 1.48. The second-order valence-electron chi connectivity index (χ2n) is 5.65. The van der Waals surface area contributed by atoms with E-state index < -0.39 is 0 Å². The van der Waals surface area contributed by atoms with Gasteiger partial charge in [-0.15, -0.1) is 0 Å². The molecule has 1 aliphatic carbocycles. The van der Waals surface area contributed by atoms with E-state index in [-0.39, 0.29) is 5.41 Å². The summed E-state index contributed by atoms with van der Waals surface area (Å²) in [4.78, 5) is 0. The molecule has 3 aromatic carbocycles. The van der Waals surface area contributed by atoms with Gasteiger partial charge in [-0.1, -0.05) is 66.7 Å². The number of fused-ring (bicyclic) bond motifs is 5. The smallest absolute Gasteiger partial charge is 0.0423 e. The molecule has 0 spiro atoms. The van der Waals surface area contributed by atoms with Crippen LogP contribution in [0.2, 0.25) is 0 Å². The topological polar surface area (TPSA) is 0 Å². The maximum absolute atomic E-state index is 2.33. The normalized spacial score (nSPS) is 14.7. The van der Waals surface area contributed by atoms with Crippen LogP contribution in [0.1, 0.15) is 23.6 Å². The minimum Gasteiger partial charge on any atom is -0.0622 e. The summed E-state index contributed by atoms with van der Waals surface area (Å²) in [6, 6.07) is 28.6. The van der Waals surface area contributed by atoms with Crippen molar-refractivity contribution in [2.75, 3.05) is 0 Å². The second kappa shape index (κ2) is 4.08. The SMILES string of the molecule is CC1(c2ccccc2)c2cccc(c2)-c2cccc1c2. The molecule has 0 nitrogen and oxygen atoms in total. The minimum absolute atomic E-state index is 0.0796. The molecule has 3 aromatic rings. The average Bonchev–Trinajstić information content (AvgIpc) is 2.59. The maximum atomic E-state index is 2.33. The van der Waals surface area contributed by atoms with Gasteiger partial charge in [0.25, 0.3) is 0 Å². The molecule has 0 heteroatoms. The zero-order chi connectivity index (χ0) is 13.6. The lowest BCUT2D eigenvalue weighted by Gasteiger charge is -2.31. The van der Waals surface area contributed by atoms with E-state index >= 15 is 0 Å². The summed E-state index contributed by atoms with van der Waals surface area (Å²) >= 11 is 0. The van der Waals surface area contributed by atoms with Crippen molar-refractivity contribution in [3.8, 4) is 11.1 Å². The van der Waals surface area contributed by atoms with Gasteiger partial charge in [-0.2, -0.15) is 0 Å². The van der Waals surface area contributed by atoms with Crippen LogP contribution in [0.3, 0.4) is 0 Å². The number of hydrogen-bond acceptors (Lipinski definition) is 0. The molecule has 0 unspecified atom stereocenters. The molecule has 0 fully saturated rings. The molecule has 0 amide bonds. The highest BCUT2D eigenvalue weighted by molar-refractivity contribution is 5.70. The van der Waals surface area contributed by atoms with Crippen molar-refractivity contribution in [1.29, 1.82) is 0 Å². The van der Waals surface area contributed by atoms with E-state index in [1.165, 1.54) is 27.8 Å². The Morgan fingerprint density at radius 3 is 1.60 bits per heavy atom. The maximum Gasteiger partial charge on any atom is 0.0423 e. The molecule has 0 saturated heterocycles. The zero-order valence-corrected chi connectivity index (χ0v) is 11.5. The van der Waals surface area contributed by atoms with Crippen LogP contribution in [-0.2, 0) is 5.41 Å². The highest BCUT2D eigenvalue weighted by Gasteiger charge is 2.32. The Hall–Kier alpha value is -2.34. The number of rotatable bonds is 1. The first-order valence-corrected chi connectivity index (χ1v) is 7.05. The lowest BCUT2D eigenvalue weighted by molar-refractivity contribution is 0.695. The van der Waals surface area contributed by atoms with Crippen LogP contribution >= 0.6 is 0 Å². The van der Waals surface area contributed by atoms with E-state index in [2.05, 4.69) is 85.8 Å². The van der Waals surface area contributed by atoms with Crippen molar-refractivity contribution in [2.24, 2.45) is 0 Å². The first kappa shape index (κ1) is 11.5. The van der Waals surface area contributed by atoms with Crippen LogP contribution in [0, 0.1) is 0 Å². The van der Waals surface area contributed by atoms with Gasteiger partial charge in [-0.25, -0.2) is 0 Å². The molecule has 0 atom stereocenters. The highest BCUT2D eigenvalue weighted by atomic mass is 14.3. The average molecular weight is 256 g/mol. The fraction of sp³-hybridized carbons (Fsp3) is 0.100. The largest absolute Gasteiger partial charge is 0.0622 e. The summed E-state index contributed by atoms with van der Waals surface area (Å²) in [5, 5.41) is 0. The Kier molecular flexibility index (Phi) is 2.34. The van der Waals surface area contributed by atoms with Crippen LogP contribution in [0.25, 0.3) is 11.1 Å². The van der Waals surface area contributed by atoms with Crippen molar-refractivity contribution in [3.05, 3.63) is 95.6 Å². The molecule has 0 radical (unpaired) electrons. The molecule has 0 N–H and O–H groups in total. The van der Waals surface area contributed by atoms with E-state index in [0.717, 1.165) is 0 Å². The van der Waals surface area contributed by atoms with Gasteiger partial charge < -0.3 is 0 Å². The van der Waals surface area contributed by atoms with Crippen LogP contribution in [0.4, 0.5) is 0 Å². The van der Waals surface area contributed by atoms with Crippen molar-refractivity contribution in [2.45, 2.75) is 12.3 Å². The van der Waals surface area contributed by atoms with Crippen molar-refractivity contribution in [1.82, 2.24) is 0 Å². The van der Waals surface area contributed by atoms with E-state index in [9.17, 15) is 0 Å². The van der Waals surface area contributed by atoms with Gasteiger partial charge in [-0.3, -0.25) is 0 Å². The minimum atomic E-state index is -0.0796. The monoisotopic (exact) mass is 256 g/mol. The van der Waals surface area contributed by atoms with E-state index in [1.807, 2.05) is 0 Å². The standard InChI is InChI=1S/C20H16/c1-20(17-9-3-2-4-10-17)18-11-5-7-15(13-18)16-8-6-12-19(20)14-16/h2-14H,1H3. The van der Waals surface area contributed by atoms with Crippen molar-refractivity contribution in [3.63, 3.8) is 0 Å². The molecular weight excluding hydrogens is 240 g/mol. The molecule has 1 aliphatic rings. The van der Waals surface area contributed by atoms with Gasteiger partial charge in [0.05, 0.1) is 0 Å². The van der Waals surface area contributed by atoms with Crippen molar-refractivity contribution >= 4 is 0 Å². The van der Waals surface area contributed by atoms with E-state index in [1.54, 1.807) is 0 Å². The Bertz CT molecular complexity index is 723. The molecule has 4 rings (SSSR count). The predicted molar refractivity (Wildman–Crippen MR) is 83.9 cm³/mol. The number of hydrogen-bond donors (Lipinski definition) is 0. The lowest BCUT2D eigenvalue weighted by atomic mass is 9.72. The second-order valence-corrected chi connectivity index (χ2v) is 5.65. The van der Waals surface area contributed by atoms with Crippen LogP contribution in [-0.4, -0.2) is 0 Å². The number of benzene rings is 3. The third-order valence-corrected chi connectivity index (χ3v) is 4.56. The zero-order valence-electron chi connectivity index (χ0n) is 11.5. The molecule has 0 heterocycles. The van der Waals surface area contributed by atoms with Crippen LogP contribution in [0.15, 0.2) is 78.9 Å². The molecule has 0 aliphatic heterocycles. The summed E-state index contributed by atoms with van der Waals surface area (Å²) < 4.78 is 0. The van der Waals surface area contributed by atoms with Gasteiger partial charge in [-0.05, 0) is 46.9 Å². The molecular formula is C20H16. The Morgan fingerprint density at radius 1 is 0.550 bits per heavy atom. The van der Waals surface area contributed by atoms with E-state index in [0.29, 0.717) is 0 Å². The quantitative estimate of drug-likeness (QED) is 0.573. The molecule has 0 aromatic heterocycles. The first-order valence-electron chi connectivity index (χ1n) is 7.05. The predicted octanol–water partition coefficient (Wildman–Crippen LogP) is 5.02.